The number of benzene rings is 2. The maximum Gasteiger partial charge on any atom is 0.245 e. The fraction of sp³-hybridized carbons (Fsp3) is 0.286. The fourth-order valence-corrected chi connectivity index (χ4v) is 3.17. The highest BCUT2D eigenvalue weighted by atomic mass is 16.2. The Hall–Kier alpha value is -3.13. The number of nitriles is 1. The molecule has 1 fully saturated rings. The average Bonchev–Trinajstić information content (AvgIpc) is 2.96. The lowest BCUT2D eigenvalue weighted by molar-refractivity contribution is -0.128. The molecule has 1 unspecified atom stereocenters. The van der Waals surface area contributed by atoms with Gasteiger partial charge in [0.05, 0.1) is 11.6 Å². The normalized spacial score (nSPS) is 16.4. The number of carbonyl (C=O) groups excluding carboxylic acids is 2. The number of nitrogens with zero attached hydrogens (tertiary/aromatic N) is 2. The van der Waals surface area contributed by atoms with Crippen LogP contribution in [0.15, 0.2) is 42.5 Å². The number of carbonyl (C=O) groups is 2. The molecule has 0 radical (unpaired) electrons. The molecule has 2 aromatic rings. The molecule has 2 aromatic carbocycles. The van der Waals surface area contributed by atoms with Gasteiger partial charge in [-0.2, -0.15) is 5.26 Å². The number of rotatable bonds is 5. The maximum absolute atomic E-state index is 12.7. The molecule has 1 heterocycles. The van der Waals surface area contributed by atoms with Gasteiger partial charge in [-0.05, 0) is 44.0 Å². The summed E-state index contributed by atoms with van der Waals surface area (Å²) in [6, 6.07) is 14.7. The Morgan fingerprint density at radius 1 is 1.27 bits per heavy atom. The zero-order valence-corrected chi connectivity index (χ0v) is 15.0. The number of ketones is 1. The van der Waals surface area contributed by atoms with E-state index in [-0.39, 0.29) is 17.7 Å². The van der Waals surface area contributed by atoms with Gasteiger partial charge in [-0.25, -0.2) is 0 Å². The summed E-state index contributed by atoms with van der Waals surface area (Å²) in [5.74, 6) is -0.0821. The largest absolute Gasteiger partial charge is 0.373 e. The Labute approximate surface area is 153 Å². The van der Waals surface area contributed by atoms with Gasteiger partial charge in [-0.1, -0.05) is 29.8 Å². The van der Waals surface area contributed by atoms with E-state index >= 15 is 0 Å². The van der Waals surface area contributed by atoms with Crippen molar-refractivity contribution in [1.82, 2.24) is 4.90 Å². The smallest absolute Gasteiger partial charge is 0.245 e. The van der Waals surface area contributed by atoms with Gasteiger partial charge in [0, 0.05) is 24.3 Å². The van der Waals surface area contributed by atoms with E-state index in [1.165, 1.54) is 12.5 Å². The number of aryl methyl sites for hydroxylation is 1. The van der Waals surface area contributed by atoms with Gasteiger partial charge in [0.2, 0.25) is 5.91 Å². The van der Waals surface area contributed by atoms with Gasteiger partial charge in [-0.3, -0.25) is 9.59 Å². The predicted octanol–water partition coefficient (Wildman–Crippen LogP) is 3.28. The SMILES string of the molecule is CC(=O)c1ccc(C#N)cc1NC1CCN(Cc2ccc(C)cc2)C1=O. The van der Waals surface area contributed by atoms with Crippen LogP contribution < -0.4 is 5.32 Å². The Morgan fingerprint density at radius 3 is 2.65 bits per heavy atom. The van der Waals surface area contributed by atoms with Gasteiger partial charge >= 0.3 is 0 Å². The van der Waals surface area contributed by atoms with Crippen molar-refractivity contribution in [1.29, 1.82) is 5.26 Å². The Balaban J connectivity index is 1.74. The summed E-state index contributed by atoms with van der Waals surface area (Å²) in [6.45, 7) is 4.76. The van der Waals surface area contributed by atoms with Crippen molar-refractivity contribution < 1.29 is 9.59 Å². The van der Waals surface area contributed by atoms with E-state index in [0.717, 1.165) is 5.56 Å². The molecule has 0 saturated carbocycles. The van der Waals surface area contributed by atoms with Crippen LogP contribution in [0, 0.1) is 18.3 Å². The summed E-state index contributed by atoms with van der Waals surface area (Å²) in [4.78, 5) is 26.4. The second-order valence-corrected chi connectivity index (χ2v) is 6.66. The fourth-order valence-electron chi connectivity index (χ4n) is 3.17. The molecule has 1 amide bonds. The third-order valence-corrected chi connectivity index (χ3v) is 4.65. The number of hydrogen-bond acceptors (Lipinski definition) is 4. The van der Waals surface area contributed by atoms with E-state index in [9.17, 15) is 9.59 Å². The highest BCUT2D eigenvalue weighted by Gasteiger charge is 2.32. The number of Topliss-reactive ketones (excluding diaryl/α,β-unsaturated/α-hetero) is 1. The molecule has 1 saturated heterocycles. The summed E-state index contributed by atoms with van der Waals surface area (Å²) < 4.78 is 0. The minimum Gasteiger partial charge on any atom is -0.373 e. The molecule has 0 aromatic heterocycles. The van der Waals surface area contributed by atoms with Crippen LogP contribution >= 0.6 is 0 Å². The van der Waals surface area contributed by atoms with Crippen LogP contribution in [0.1, 0.15) is 40.4 Å². The van der Waals surface area contributed by atoms with E-state index in [1.54, 1.807) is 18.2 Å². The molecule has 1 aliphatic rings. The Kier molecular flexibility index (Phi) is 5.04. The van der Waals surface area contributed by atoms with Crippen LogP contribution in [0.3, 0.4) is 0 Å². The summed E-state index contributed by atoms with van der Waals surface area (Å²) in [5.41, 5.74) is 3.79. The topological polar surface area (TPSA) is 73.2 Å². The third kappa shape index (κ3) is 3.75. The Morgan fingerprint density at radius 2 is 2.00 bits per heavy atom. The van der Waals surface area contributed by atoms with Gasteiger partial charge in [0.1, 0.15) is 6.04 Å². The summed E-state index contributed by atoms with van der Waals surface area (Å²) in [7, 11) is 0. The van der Waals surface area contributed by atoms with Crippen molar-refractivity contribution in [3.8, 4) is 6.07 Å². The first-order valence-electron chi connectivity index (χ1n) is 8.64. The summed E-state index contributed by atoms with van der Waals surface area (Å²) in [5, 5.41) is 12.3. The molecule has 1 aliphatic heterocycles. The number of amides is 1. The summed E-state index contributed by atoms with van der Waals surface area (Å²) in [6.07, 6.45) is 0.665. The van der Waals surface area contributed by atoms with Gasteiger partial charge in [0.15, 0.2) is 5.78 Å². The molecule has 1 N–H and O–H groups in total. The molecule has 3 rings (SSSR count). The second-order valence-electron chi connectivity index (χ2n) is 6.66. The molecule has 132 valence electrons. The maximum atomic E-state index is 12.7. The van der Waals surface area contributed by atoms with E-state index in [1.807, 2.05) is 36.1 Å². The number of nitrogens with one attached hydrogen (secondary N) is 1. The van der Waals surface area contributed by atoms with Crippen molar-refractivity contribution in [2.24, 2.45) is 0 Å². The van der Waals surface area contributed by atoms with Crippen molar-refractivity contribution in [3.63, 3.8) is 0 Å². The van der Waals surface area contributed by atoms with E-state index in [0.29, 0.717) is 36.3 Å². The summed E-state index contributed by atoms with van der Waals surface area (Å²) >= 11 is 0. The highest BCUT2D eigenvalue weighted by molar-refractivity contribution is 6.00. The molecule has 5 nitrogen and oxygen atoms in total. The zero-order chi connectivity index (χ0) is 18.7. The molecule has 0 spiro atoms. The van der Waals surface area contributed by atoms with Gasteiger partial charge in [0.25, 0.3) is 0 Å². The monoisotopic (exact) mass is 347 g/mol. The van der Waals surface area contributed by atoms with Crippen LogP contribution in [0.4, 0.5) is 5.69 Å². The molecule has 5 heteroatoms. The lowest BCUT2D eigenvalue weighted by Gasteiger charge is -2.19. The van der Waals surface area contributed by atoms with Crippen LogP contribution in [0.2, 0.25) is 0 Å². The number of likely N-dealkylation sites (tertiary alicyclic amines) is 1. The lowest BCUT2D eigenvalue weighted by atomic mass is 10.1. The van der Waals surface area contributed by atoms with Crippen LogP contribution in [-0.4, -0.2) is 29.2 Å². The zero-order valence-electron chi connectivity index (χ0n) is 15.0. The van der Waals surface area contributed by atoms with Crippen LogP contribution in [0.5, 0.6) is 0 Å². The average molecular weight is 347 g/mol. The minimum atomic E-state index is -0.382. The van der Waals surface area contributed by atoms with Crippen LogP contribution in [0.25, 0.3) is 0 Å². The minimum absolute atomic E-state index is 0.0161. The molecular weight excluding hydrogens is 326 g/mol. The van der Waals surface area contributed by atoms with Gasteiger partial charge < -0.3 is 10.2 Å². The number of hydrogen-bond donors (Lipinski definition) is 1. The van der Waals surface area contributed by atoms with E-state index in [4.69, 9.17) is 5.26 Å². The standard InChI is InChI=1S/C21H21N3O2/c1-14-3-5-16(6-4-14)13-24-10-9-19(21(24)26)23-20-11-17(12-22)7-8-18(20)15(2)25/h3-8,11,19,23H,9-10,13H2,1-2H3. The van der Waals surface area contributed by atoms with Gasteiger partial charge in [-0.15, -0.1) is 0 Å². The van der Waals surface area contributed by atoms with Crippen molar-refractivity contribution in [3.05, 3.63) is 64.7 Å². The molecule has 0 aliphatic carbocycles. The molecule has 1 atom stereocenters. The first-order valence-corrected chi connectivity index (χ1v) is 8.64. The van der Waals surface area contributed by atoms with E-state index < -0.39 is 0 Å². The third-order valence-electron chi connectivity index (χ3n) is 4.65. The van der Waals surface area contributed by atoms with Crippen molar-refractivity contribution >= 4 is 17.4 Å². The van der Waals surface area contributed by atoms with Crippen molar-refractivity contribution in [2.75, 3.05) is 11.9 Å². The highest BCUT2D eigenvalue weighted by Crippen LogP contribution is 2.24. The first-order chi connectivity index (χ1) is 12.5. The number of anilines is 1. The van der Waals surface area contributed by atoms with Crippen molar-refractivity contribution in [2.45, 2.75) is 32.9 Å². The molecule has 26 heavy (non-hydrogen) atoms. The quantitative estimate of drug-likeness (QED) is 0.843. The molecular formula is C21H21N3O2. The van der Waals surface area contributed by atoms with Crippen LogP contribution in [-0.2, 0) is 11.3 Å². The first kappa shape index (κ1) is 17.7. The lowest BCUT2D eigenvalue weighted by Crippen LogP contribution is -2.33. The van der Waals surface area contributed by atoms with E-state index in [2.05, 4.69) is 11.4 Å². The Bertz CT molecular complexity index is 881. The molecule has 0 bridgehead atoms. The predicted molar refractivity (Wildman–Crippen MR) is 99.8 cm³/mol. The second kappa shape index (κ2) is 7.40.